The SMILES string of the molecule is CC(C)(C#N)Nc1ccc(N2CCCCC2)cc1. The van der Waals surface area contributed by atoms with Gasteiger partial charge in [-0.25, -0.2) is 0 Å². The van der Waals surface area contributed by atoms with Gasteiger partial charge < -0.3 is 10.2 Å². The summed E-state index contributed by atoms with van der Waals surface area (Å²) in [6.07, 6.45) is 3.94. The molecule has 1 saturated heterocycles. The predicted molar refractivity (Wildman–Crippen MR) is 75.8 cm³/mol. The van der Waals surface area contributed by atoms with E-state index in [-0.39, 0.29) is 0 Å². The van der Waals surface area contributed by atoms with E-state index >= 15 is 0 Å². The topological polar surface area (TPSA) is 39.1 Å². The number of rotatable bonds is 3. The van der Waals surface area contributed by atoms with Crippen molar-refractivity contribution in [1.29, 1.82) is 5.26 Å². The molecule has 0 unspecified atom stereocenters. The number of benzene rings is 1. The quantitative estimate of drug-likeness (QED) is 0.884. The molecule has 3 heteroatoms. The largest absolute Gasteiger partial charge is 0.372 e. The van der Waals surface area contributed by atoms with Crippen LogP contribution in [0.3, 0.4) is 0 Å². The Morgan fingerprint density at radius 2 is 1.72 bits per heavy atom. The summed E-state index contributed by atoms with van der Waals surface area (Å²) in [6.45, 7) is 6.09. The molecular weight excluding hydrogens is 222 g/mol. The van der Waals surface area contributed by atoms with E-state index in [2.05, 4.69) is 40.6 Å². The number of nitrogens with zero attached hydrogens (tertiary/aromatic N) is 2. The van der Waals surface area contributed by atoms with Crippen molar-refractivity contribution in [2.24, 2.45) is 0 Å². The van der Waals surface area contributed by atoms with Gasteiger partial charge in [0.1, 0.15) is 5.54 Å². The molecule has 0 saturated carbocycles. The van der Waals surface area contributed by atoms with Gasteiger partial charge in [0.25, 0.3) is 0 Å². The van der Waals surface area contributed by atoms with Crippen molar-refractivity contribution < 1.29 is 0 Å². The van der Waals surface area contributed by atoms with E-state index in [4.69, 9.17) is 5.26 Å². The van der Waals surface area contributed by atoms with Gasteiger partial charge in [-0.05, 0) is 57.4 Å². The number of hydrogen-bond acceptors (Lipinski definition) is 3. The Kier molecular flexibility index (Phi) is 3.76. The fourth-order valence-electron chi connectivity index (χ4n) is 2.30. The lowest BCUT2D eigenvalue weighted by molar-refractivity contribution is 0.578. The van der Waals surface area contributed by atoms with E-state index < -0.39 is 5.54 Å². The number of anilines is 2. The molecule has 1 aromatic carbocycles. The third-order valence-corrected chi connectivity index (χ3v) is 3.32. The van der Waals surface area contributed by atoms with E-state index in [1.807, 2.05) is 13.8 Å². The summed E-state index contributed by atoms with van der Waals surface area (Å²) >= 11 is 0. The van der Waals surface area contributed by atoms with Crippen LogP contribution in [0, 0.1) is 11.3 Å². The number of piperidine rings is 1. The van der Waals surface area contributed by atoms with Crippen molar-refractivity contribution in [3.8, 4) is 6.07 Å². The van der Waals surface area contributed by atoms with Crippen LogP contribution in [0.2, 0.25) is 0 Å². The minimum Gasteiger partial charge on any atom is -0.372 e. The highest BCUT2D eigenvalue weighted by Gasteiger charge is 2.16. The van der Waals surface area contributed by atoms with Crippen molar-refractivity contribution in [2.45, 2.75) is 38.6 Å². The second-order valence-corrected chi connectivity index (χ2v) is 5.46. The Morgan fingerprint density at radius 1 is 1.11 bits per heavy atom. The summed E-state index contributed by atoms with van der Waals surface area (Å²) in [6, 6.07) is 10.6. The molecule has 18 heavy (non-hydrogen) atoms. The highest BCUT2D eigenvalue weighted by atomic mass is 15.1. The van der Waals surface area contributed by atoms with E-state index in [0.717, 1.165) is 18.8 Å². The second-order valence-electron chi connectivity index (χ2n) is 5.46. The van der Waals surface area contributed by atoms with Gasteiger partial charge in [-0.3, -0.25) is 0 Å². The molecule has 0 amide bonds. The first-order valence-corrected chi connectivity index (χ1v) is 6.65. The van der Waals surface area contributed by atoms with Gasteiger partial charge in [0.05, 0.1) is 6.07 Å². The Balaban J connectivity index is 2.03. The average Bonchev–Trinajstić information content (AvgIpc) is 2.40. The first-order chi connectivity index (χ1) is 8.61. The van der Waals surface area contributed by atoms with E-state index in [0.29, 0.717) is 0 Å². The molecule has 3 nitrogen and oxygen atoms in total. The highest BCUT2D eigenvalue weighted by molar-refractivity contribution is 5.56. The number of nitriles is 1. The molecule has 0 atom stereocenters. The molecule has 0 spiro atoms. The molecule has 1 N–H and O–H groups in total. The van der Waals surface area contributed by atoms with Crippen LogP contribution in [0.5, 0.6) is 0 Å². The Labute approximate surface area is 109 Å². The van der Waals surface area contributed by atoms with Crippen LogP contribution >= 0.6 is 0 Å². The van der Waals surface area contributed by atoms with Crippen molar-refractivity contribution in [1.82, 2.24) is 0 Å². The number of hydrogen-bond donors (Lipinski definition) is 1. The molecule has 1 heterocycles. The maximum atomic E-state index is 8.99. The van der Waals surface area contributed by atoms with Crippen LogP contribution in [0.4, 0.5) is 11.4 Å². The predicted octanol–water partition coefficient (Wildman–Crippen LogP) is 3.39. The Morgan fingerprint density at radius 3 is 2.28 bits per heavy atom. The lowest BCUT2D eigenvalue weighted by Crippen LogP contribution is -2.30. The first kappa shape index (κ1) is 12.8. The van der Waals surface area contributed by atoms with Gasteiger partial charge in [-0.1, -0.05) is 0 Å². The van der Waals surface area contributed by atoms with Crippen LogP contribution in [0.25, 0.3) is 0 Å². The molecule has 2 rings (SSSR count). The minimum absolute atomic E-state index is 0.521. The van der Waals surface area contributed by atoms with Gasteiger partial charge in [-0.2, -0.15) is 5.26 Å². The molecular formula is C15H21N3. The molecule has 1 fully saturated rings. The van der Waals surface area contributed by atoms with Gasteiger partial charge >= 0.3 is 0 Å². The Bertz CT molecular complexity index is 422. The smallest absolute Gasteiger partial charge is 0.119 e. The van der Waals surface area contributed by atoms with Crippen LogP contribution in [0.1, 0.15) is 33.1 Å². The third kappa shape index (κ3) is 3.16. The molecule has 0 radical (unpaired) electrons. The summed E-state index contributed by atoms with van der Waals surface area (Å²) in [5.41, 5.74) is 1.77. The lowest BCUT2D eigenvalue weighted by atomic mass is 10.1. The maximum absolute atomic E-state index is 8.99. The maximum Gasteiger partial charge on any atom is 0.119 e. The molecule has 0 bridgehead atoms. The van der Waals surface area contributed by atoms with E-state index in [9.17, 15) is 0 Å². The van der Waals surface area contributed by atoms with Crippen molar-refractivity contribution in [3.63, 3.8) is 0 Å². The molecule has 1 aliphatic rings. The molecule has 0 aromatic heterocycles. The van der Waals surface area contributed by atoms with E-state index in [1.54, 1.807) is 0 Å². The zero-order chi connectivity index (χ0) is 13.0. The normalized spacial score (nSPS) is 16.2. The highest BCUT2D eigenvalue weighted by Crippen LogP contribution is 2.23. The zero-order valence-corrected chi connectivity index (χ0v) is 11.2. The molecule has 1 aromatic rings. The van der Waals surface area contributed by atoms with Gasteiger partial charge in [0.15, 0.2) is 0 Å². The lowest BCUT2D eigenvalue weighted by Gasteiger charge is -2.29. The van der Waals surface area contributed by atoms with Gasteiger partial charge in [-0.15, -0.1) is 0 Å². The van der Waals surface area contributed by atoms with Crippen LogP contribution in [0.15, 0.2) is 24.3 Å². The average molecular weight is 243 g/mol. The van der Waals surface area contributed by atoms with Crippen molar-refractivity contribution >= 4 is 11.4 Å². The van der Waals surface area contributed by atoms with Crippen molar-refractivity contribution in [3.05, 3.63) is 24.3 Å². The summed E-state index contributed by atoms with van der Waals surface area (Å²) in [4.78, 5) is 2.43. The first-order valence-electron chi connectivity index (χ1n) is 6.65. The number of nitrogens with one attached hydrogen (secondary N) is 1. The second kappa shape index (κ2) is 5.30. The fourth-order valence-corrected chi connectivity index (χ4v) is 2.30. The van der Waals surface area contributed by atoms with Crippen LogP contribution in [-0.4, -0.2) is 18.6 Å². The summed E-state index contributed by atoms with van der Waals surface area (Å²) in [5, 5.41) is 12.2. The van der Waals surface area contributed by atoms with Crippen LogP contribution < -0.4 is 10.2 Å². The summed E-state index contributed by atoms with van der Waals surface area (Å²) in [7, 11) is 0. The minimum atomic E-state index is -0.521. The molecule has 1 aliphatic heterocycles. The van der Waals surface area contributed by atoms with Crippen LogP contribution in [-0.2, 0) is 0 Å². The van der Waals surface area contributed by atoms with E-state index in [1.165, 1.54) is 24.9 Å². The molecule has 0 aliphatic carbocycles. The summed E-state index contributed by atoms with van der Waals surface area (Å²) < 4.78 is 0. The standard InChI is InChI=1S/C15H21N3/c1-15(2,12-16)17-13-6-8-14(9-7-13)18-10-4-3-5-11-18/h6-9,17H,3-5,10-11H2,1-2H3. The van der Waals surface area contributed by atoms with Gasteiger partial charge in [0, 0.05) is 24.5 Å². The zero-order valence-electron chi connectivity index (χ0n) is 11.2. The molecule has 96 valence electrons. The third-order valence-electron chi connectivity index (χ3n) is 3.32. The Hall–Kier alpha value is -1.69. The fraction of sp³-hybridized carbons (Fsp3) is 0.533. The monoisotopic (exact) mass is 243 g/mol. The van der Waals surface area contributed by atoms with Crippen molar-refractivity contribution in [2.75, 3.05) is 23.3 Å². The van der Waals surface area contributed by atoms with Gasteiger partial charge in [0.2, 0.25) is 0 Å². The summed E-state index contributed by atoms with van der Waals surface area (Å²) in [5.74, 6) is 0.